The third-order valence-electron chi connectivity index (χ3n) is 3.06. The van der Waals surface area contributed by atoms with Crippen molar-refractivity contribution in [1.29, 1.82) is 0 Å². The van der Waals surface area contributed by atoms with Crippen molar-refractivity contribution in [3.05, 3.63) is 70.3 Å². The van der Waals surface area contributed by atoms with Crippen molar-refractivity contribution in [3.63, 3.8) is 0 Å². The molecule has 0 saturated carbocycles. The van der Waals surface area contributed by atoms with E-state index in [9.17, 15) is 10.1 Å². The number of nitrogens with one attached hydrogen (secondary N) is 2. The zero-order valence-corrected chi connectivity index (χ0v) is 12.9. The van der Waals surface area contributed by atoms with Crippen LogP contribution in [0.2, 0.25) is 5.02 Å². The molecule has 0 unspecified atom stereocenters. The number of halogens is 1. The first-order chi connectivity index (χ1) is 11.6. The average Bonchev–Trinajstić information content (AvgIpc) is 2.58. The molecule has 1 aromatic carbocycles. The van der Waals surface area contributed by atoms with Gasteiger partial charge in [0.1, 0.15) is 6.33 Å². The van der Waals surface area contributed by atoms with Gasteiger partial charge in [0, 0.05) is 6.20 Å². The molecule has 0 aliphatic carbocycles. The molecule has 0 bridgehead atoms. The van der Waals surface area contributed by atoms with Crippen LogP contribution >= 0.6 is 11.6 Å². The van der Waals surface area contributed by atoms with E-state index in [1.165, 1.54) is 12.5 Å². The zero-order valence-electron chi connectivity index (χ0n) is 12.2. The fourth-order valence-corrected chi connectivity index (χ4v) is 2.18. The maximum atomic E-state index is 11.5. The van der Waals surface area contributed by atoms with E-state index in [2.05, 4.69) is 25.6 Å². The van der Waals surface area contributed by atoms with Crippen LogP contribution in [-0.4, -0.2) is 19.9 Å². The Morgan fingerprint density at radius 3 is 2.46 bits per heavy atom. The zero-order chi connectivity index (χ0) is 16.9. The highest BCUT2D eigenvalue weighted by Gasteiger charge is 2.23. The summed E-state index contributed by atoms with van der Waals surface area (Å²) in [6.07, 6.45) is 4.36. The lowest BCUT2D eigenvalue weighted by Gasteiger charge is -2.10. The second kappa shape index (κ2) is 6.88. The maximum absolute atomic E-state index is 11.5. The number of anilines is 4. The minimum absolute atomic E-state index is 0.0366. The van der Waals surface area contributed by atoms with E-state index < -0.39 is 4.92 Å². The number of aromatic nitrogens is 3. The molecule has 9 heteroatoms. The van der Waals surface area contributed by atoms with Crippen molar-refractivity contribution in [2.24, 2.45) is 0 Å². The fourth-order valence-electron chi connectivity index (χ4n) is 2.00. The second-order valence-corrected chi connectivity index (χ2v) is 5.06. The van der Waals surface area contributed by atoms with Gasteiger partial charge in [0.05, 0.1) is 27.5 Å². The number of benzene rings is 1. The number of nitrogens with zero attached hydrogens (tertiary/aromatic N) is 4. The van der Waals surface area contributed by atoms with Gasteiger partial charge in [-0.2, -0.15) is 0 Å². The number of pyridine rings is 1. The molecule has 2 N–H and O–H groups in total. The third kappa shape index (κ3) is 3.39. The summed E-state index contributed by atoms with van der Waals surface area (Å²) in [5.41, 5.74) is 0.789. The Labute approximate surface area is 141 Å². The third-order valence-corrected chi connectivity index (χ3v) is 3.39. The molecule has 8 nitrogen and oxygen atoms in total. The molecule has 2 aromatic heterocycles. The van der Waals surface area contributed by atoms with Crippen LogP contribution in [0.15, 0.2) is 55.1 Å². The predicted octanol–water partition coefficient (Wildman–Crippen LogP) is 3.92. The number of hydrogen-bond donors (Lipinski definition) is 2. The topological polar surface area (TPSA) is 106 Å². The highest BCUT2D eigenvalue weighted by Crippen LogP contribution is 2.34. The molecule has 24 heavy (non-hydrogen) atoms. The highest BCUT2D eigenvalue weighted by molar-refractivity contribution is 6.33. The Hall–Kier alpha value is -3.26. The van der Waals surface area contributed by atoms with Gasteiger partial charge in [-0.25, -0.2) is 9.97 Å². The lowest BCUT2D eigenvalue weighted by molar-refractivity contribution is -0.383. The second-order valence-electron chi connectivity index (χ2n) is 4.65. The molecular formula is C15H11ClN6O2. The molecule has 0 amide bonds. The van der Waals surface area contributed by atoms with Crippen LogP contribution in [0, 0.1) is 10.1 Å². The number of rotatable bonds is 5. The minimum atomic E-state index is -0.558. The Morgan fingerprint density at radius 1 is 1.04 bits per heavy atom. The summed E-state index contributed by atoms with van der Waals surface area (Å²) >= 11 is 6.08. The lowest BCUT2D eigenvalue weighted by atomic mass is 10.3. The molecule has 0 aliphatic heterocycles. The van der Waals surface area contributed by atoms with Crippen LogP contribution in [0.4, 0.5) is 28.7 Å². The number of hydrogen-bond acceptors (Lipinski definition) is 7. The normalized spacial score (nSPS) is 10.2. The van der Waals surface area contributed by atoms with Gasteiger partial charge in [-0.15, -0.1) is 0 Å². The van der Waals surface area contributed by atoms with E-state index in [1.54, 1.807) is 42.6 Å². The van der Waals surface area contributed by atoms with Crippen molar-refractivity contribution in [2.75, 3.05) is 10.6 Å². The van der Waals surface area contributed by atoms with Crippen molar-refractivity contribution in [3.8, 4) is 0 Å². The quantitative estimate of drug-likeness (QED) is 0.534. The highest BCUT2D eigenvalue weighted by atomic mass is 35.5. The molecule has 0 radical (unpaired) electrons. The van der Waals surface area contributed by atoms with Gasteiger partial charge in [-0.3, -0.25) is 15.1 Å². The van der Waals surface area contributed by atoms with Crippen LogP contribution in [0.5, 0.6) is 0 Å². The summed E-state index contributed by atoms with van der Waals surface area (Å²) in [5.74, 6) is 0.0899. The van der Waals surface area contributed by atoms with Gasteiger partial charge in [-0.1, -0.05) is 23.7 Å². The molecule has 3 rings (SSSR count). The van der Waals surface area contributed by atoms with E-state index in [-0.39, 0.29) is 17.3 Å². The lowest BCUT2D eigenvalue weighted by Crippen LogP contribution is -2.05. The van der Waals surface area contributed by atoms with Crippen molar-refractivity contribution < 1.29 is 4.92 Å². The molecule has 0 spiro atoms. The molecule has 0 fully saturated rings. The maximum Gasteiger partial charge on any atom is 0.353 e. The van der Waals surface area contributed by atoms with Crippen LogP contribution in [0.25, 0.3) is 0 Å². The largest absolute Gasteiger partial charge is 0.353 e. The molecule has 0 aliphatic rings. The standard InChI is InChI=1S/C15H11ClN6O2/c16-11-5-1-2-6-12(11)21-15-13(22(23)24)14(18-9-19-15)20-10-4-3-7-17-8-10/h1-9H,(H2,18,19,20,21). The van der Waals surface area contributed by atoms with Crippen LogP contribution in [0.1, 0.15) is 0 Å². The van der Waals surface area contributed by atoms with E-state index in [1.807, 2.05) is 0 Å². The SMILES string of the molecule is O=[N+]([O-])c1c(Nc2cccnc2)ncnc1Nc1ccccc1Cl. The smallest absolute Gasteiger partial charge is 0.333 e. The first-order valence-corrected chi connectivity index (χ1v) is 7.21. The molecule has 2 heterocycles. The summed E-state index contributed by atoms with van der Waals surface area (Å²) < 4.78 is 0. The Balaban J connectivity index is 1.99. The Bertz CT molecular complexity index is 875. The summed E-state index contributed by atoms with van der Waals surface area (Å²) in [7, 11) is 0. The van der Waals surface area contributed by atoms with E-state index in [0.717, 1.165) is 0 Å². The predicted molar refractivity (Wildman–Crippen MR) is 90.9 cm³/mol. The van der Waals surface area contributed by atoms with Gasteiger partial charge >= 0.3 is 5.69 Å². The van der Waals surface area contributed by atoms with Gasteiger partial charge in [0.25, 0.3) is 0 Å². The van der Waals surface area contributed by atoms with Gasteiger partial charge in [0.15, 0.2) is 0 Å². The molecule has 120 valence electrons. The number of para-hydroxylation sites is 1. The van der Waals surface area contributed by atoms with Crippen molar-refractivity contribution in [2.45, 2.75) is 0 Å². The van der Waals surface area contributed by atoms with Crippen molar-refractivity contribution in [1.82, 2.24) is 15.0 Å². The van der Waals surface area contributed by atoms with Crippen molar-refractivity contribution >= 4 is 40.3 Å². The minimum Gasteiger partial charge on any atom is -0.333 e. The van der Waals surface area contributed by atoms with E-state index in [4.69, 9.17) is 11.6 Å². The van der Waals surface area contributed by atoms with Crippen LogP contribution in [-0.2, 0) is 0 Å². The molecule has 0 atom stereocenters. The monoisotopic (exact) mass is 342 g/mol. The molecule has 0 saturated heterocycles. The summed E-state index contributed by atoms with van der Waals surface area (Å²) in [6.45, 7) is 0. The first kappa shape index (κ1) is 15.6. The fraction of sp³-hybridized carbons (Fsp3) is 0. The Kier molecular flexibility index (Phi) is 4.48. The van der Waals surface area contributed by atoms with E-state index in [0.29, 0.717) is 16.4 Å². The number of nitro groups is 1. The summed E-state index contributed by atoms with van der Waals surface area (Å²) in [4.78, 5) is 22.8. The molecular weight excluding hydrogens is 332 g/mol. The van der Waals surface area contributed by atoms with Crippen LogP contribution in [0.3, 0.4) is 0 Å². The average molecular weight is 343 g/mol. The Morgan fingerprint density at radius 2 is 1.79 bits per heavy atom. The first-order valence-electron chi connectivity index (χ1n) is 6.83. The van der Waals surface area contributed by atoms with Gasteiger partial charge < -0.3 is 10.6 Å². The van der Waals surface area contributed by atoms with Gasteiger partial charge in [-0.05, 0) is 24.3 Å². The van der Waals surface area contributed by atoms with Crippen LogP contribution < -0.4 is 10.6 Å². The summed E-state index contributed by atoms with van der Waals surface area (Å²) in [6, 6.07) is 10.3. The summed E-state index contributed by atoms with van der Waals surface area (Å²) in [5, 5.41) is 17.7. The van der Waals surface area contributed by atoms with Gasteiger partial charge in [0.2, 0.25) is 11.6 Å². The van der Waals surface area contributed by atoms with E-state index >= 15 is 0 Å². The molecule has 3 aromatic rings.